The largest absolute Gasteiger partial charge is 0.346 e. The number of nitriles is 1. The van der Waals surface area contributed by atoms with E-state index in [1.807, 2.05) is 30.3 Å². The average molecular weight is 344 g/mol. The zero-order chi connectivity index (χ0) is 17.9. The number of benzene rings is 1. The third-order valence-corrected chi connectivity index (χ3v) is 4.37. The van der Waals surface area contributed by atoms with E-state index in [1.165, 1.54) is 0 Å². The summed E-state index contributed by atoms with van der Waals surface area (Å²) in [6.45, 7) is 1.51. The predicted molar refractivity (Wildman–Crippen MR) is 94.3 cm³/mol. The molecule has 1 amide bonds. The van der Waals surface area contributed by atoms with Gasteiger partial charge in [-0.15, -0.1) is 0 Å². The Labute approximate surface area is 150 Å². The van der Waals surface area contributed by atoms with E-state index in [0.29, 0.717) is 25.2 Å². The Hall–Kier alpha value is -3.66. The predicted octanol–water partition coefficient (Wildman–Crippen LogP) is 2.20. The van der Waals surface area contributed by atoms with Crippen molar-refractivity contribution in [3.05, 3.63) is 71.2 Å². The molecule has 26 heavy (non-hydrogen) atoms. The van der Waals surface area contributed by atoms with E-state index in [4.69, 9.17) is 5.26 Å². The Morgan fingerprint density at radius 2 is 2.08 bits per heavy atom. The van der Waals surface area contributed by atoms with Crippen molar-refractivity contribution in [1.29, 1.82) is 5.26 Å². The van der Waals surface area contributed by atoms with Crippen molar-refractivity contribution in [3.63, 3.8) is 0 Å². The summed E-state index contributed by atoms with van der Waals surface area (Å²) >= 11 is 0. The van der Waals surface area contributed by atoms with E-state index < -0.39 is 0 Å². The highest BCUT2D eigenvalue weighted by atomic mass is 16.1. The summed E-state index contributed by atoms with van der Waals surface area (Å²) in [4.78, 5) is 18.1. The highest BCUT2D eigenvalue weighted by Crippen LogP contribution is 2.30. The third kappa shape index (κ3) is 3.00. The fraction of sp³-hybridized carbons (Fsp3) is 0.158. The molecule has 7 heteroatoms. The second-order valence-electron chi connectivity index (χ2n) is 6.07. The summed E-state index contributed by atoms with van der Waals surface area (Å²) in [6.07, 6.45) is 3.86. The Balaban J connectivity index is 1.46. The molecule has 1 aliphatic heterocycles. The van der Waals surface area contributed by atoms with Gasteiger partial charge in [0.05, 0.1) is 36.7 Å². The molecule has 0 aliphatic carbocycles. The lowest BCUT2D eigenvalue weighted by molar-refractivity contribution is 0.0950. The number of hydrogen-bond donors (Lipinski definition) is 2. The first-order chi connectivity index (χ1) is 12.7. The average Bonchev–Trinajstić information content (AvgIpc) is 3.27. The lowest BCUT2D eigenvalue weighted by Crippen LogP contribution is -2.23. The van der Waals surface area contributed by atoms with Crippen molar-refractivity contribution in [3.8, 4) is 17.5 Å². The third-order valence-electron chi connectivity index (χ3n) is 4.37. The van der Waals surface area contributed by atoms with E-state index in [-0.39, 0.29) is 5.91 Å². The summed E-state index contributed by atoms with van der Waals surface area (Å²) < 4.78 is 0. The Morgan fingerprint density at radius 3 is 2.81 bits per heavy atom. The number of nitrogens with one attached hydrogen (secondary N) is 2. The van der Waals surface area contributed by atoms with Crippen LogP contribution in [0.4, 0.5) is 0 Å². The fourth-order valence-corrected chi connectivity index (χ4v) is 3.00. The van der Waals surface area contributed by atoms with Gasteiger partial charge in [0.2, 0.25) is 0 Å². The first kappa shape index (κ1) is 15.8. The van der Waals surface area contributed by atoms with Crippen molar-refractivity contribution in [1.82, 2.24) is 25.4 Å². The highest BCUT2D eigenvalue weighted by molar-refractivity contribution is 5.94. The molecule has 3 aromatic rings. The fourth-order valence-electron chi connectivity index (χ4n) is 3.00. The van der Waals surface area contributed by atoms with Gasteiger partial charge in [-0.3, -0.25) is 14.9 Å². The Bertz CT molecular complexity index is 972. The molecular weight excluding hydrogens is 328 g/mol. The molecule has 2 N–H and O–H groups in total. The Morgan fingerprint density at radius 1 is 1.23 bits per heavy atom. The van der Waals surface area contributed by atoms with Gasteiger partial charge in [0.15, 0.2) is 6.19 Å². The van der Waals surface area contributed by atoms with Gasteiger partial charge in [0.1, 0.15) is 0 Å². The number of amides is 1. The van der Waals surface area contributed by atoms with Crippen LogP contribution in [0.5, 0.6) is 0 Å². The molecule has 0 spiro atoms. The summed E-state index contributed by atoms with van der Waals surface area (Å²) in [5.41, 5.74) is 5.15. The summed E-state index contributed by atoms with van der Waals surface area (Å²) in [7, 11) is 0. The van der Waals surface area contributed by atoms with Crippen molar-refractivity contribution in [2.24, 2.45) is 0 Å². The van der Waals surface area contributed by atoms with Crippen LogP contribution in [0.25, 0.3) is 11.3 Å². The molecule has 0 bridgehead atoms. The van der Waals surface area contributed by atoms with Crippen molar-refractivity contribution in [2.75, 3.05) is 0 Å². The van der Waals surface area contributed by atoms with Crippen LogP contribution in [0.2, 0.25) is 0 Å². The van der Waals surface area contributed by atoms with Crippen LogP contribution < -0.4 is 5.32 Å². The maximum absolute atomic E-state index is 12.3. The number of nitrogens with zero attached hydrogens (tertiary/aromatic N) is 4. The number of aromatic nitrogens is 3. The van der Waals surface area contributed by atoms with E-state index in [2.05, 4.69) is 26.7 Å². The van der Waals surface area contributed by atoms with Gasteiger partial charge in [-0.1, -0.05) is 18.2 Å². The molecule has 4 rings (SSSR count). The second kappa shape index (κ2) is 6.69. The van der Waals surface area contributed by atoms with Gasteiger partial charge in [-0.2, -0.15) is 10.4 Å². The van der Waals surface area contributed by atoms with Gasteiger partial charge >= 0.3 is 0 Å². The van der Waals surface area contributed by atoms with Crippen LogP contribution in [-0.4, -0.2) is 26.0 Å². The summed E-state index contributed by atoms with van der Waals surface area (Å²) in [6, 6.07) is 12.9. The first-order valence-corrected chi connectivity index (χ1v) is 8.24. The van der Waals surface area contributed by atoms with Gasteiger partial charge in [0, 0.05) is 22.9 Å². The number of carbonyl (C=O) groups is 1. The Kier molecular flexibility index (Phi) is 4.07. The van der Waals surface area contributed by atoms with Crippen LogP contribution in [0.1, 0.15) is 27.3 Å². The van der Waals surface area contributed by atoms with Gasteiger partial charge in [-0.25, -0.2) is 0 Å². The number of rotatable bonds is 4. The van der Waals surface area contributed by atoms with Gasteiger partial charge < -0.3 is 10.2 Å². The molecule has 0 unspecified atom stereocenters. The maximum atomic E-state index is 12.3. The van der Waals surface area contributed by atoms with Crippen LogP contribution in [0, 0.1) is 11.5 Å². The quantitative estimate of drug-likeness (QED) is 0.707. The maximum Gasteiger partial charge on any atom is 0.251 e. The molecule has 0 radical (unpaired) electrons. The van der Waals surface area contributed by atoms with E-state index >= 15 is 0 Å². The van der Waals surface area contributed by atoms with Gasteiger partial charge in [-0.05, 0) is 24.3 Å². The SMILES string of the molecule is N#CN1Cc2[nH]nc(-c3ccc(C(=O)NCc4ccccn4)cc3)c2C1. The normalized spacial score (nSPS) is 12.5. The molecule has 3 heterocycles. The monoisotopic (exact) mass is 344 g/mol. The van der Waals surface area contributed by atoms with Crippen molar-refractivity contribution in [2.45, 2.75) is 19.6 Å². The molecule has 2 aromatic heterocycles. The molecule has 0 fully saturated rings. The number of carbonyl (C=O) groups excluding carboxylic acids is 1. The lowest BCUT2D eigenvalue weighted by atomic mass is 10.0. The molecule has 128 valence electrons. The zero-order valence-electron chi connectivity index (χ0n) is 13.9. The molecule has 1 aliphatic rings. The van der Waals surface area contributed by atoms with Crippen LogP contribution >= 0.6 is 0 Å². The minimum absolute atomic E-state index is 0.148. The van der Waals surface area contributed by atoms with Crippen LogP contribution in [0.3, 0.4) is 0 Å². The standard InChI is InChI=1S/C19H16N6O/c20-12-25-10-16-17(11-25)23-24-18(16)13-4-6-14(7-5-13)19(26)22-9-15-3-1-2-8-21-15/h1-8H,9-11H2,(H,22,26)(H,23,24). The number of fused-ring (bicyclic) bond motifs is 1. The highest BCUT2D eigenvalue weighted by Gasteiger charge is 2.24. The number of hydrogen-bond acceptors (Lipinski definition) is 5. The molecule has 0 atom stereocenters. The summed E-state index contributed by atoms with van der Waals surface area (Å²) in [5.74, 6) is -0.148. The van der Waals surface area contributed by atoms with E-state index in [0.717, 1.165) is 28.2 Å². The molecule has 7 nitrogen and oxygen atoms in total. The number of H-pyrrole nitrogens is 1. The number of pyridine rings is 1. The lowest BCUT2D eigenvalue weighted by Gasteiger charge is -2.07. The van der Waals surface area contributed by atoms with Crippen molar-refractivity contribution < 1.29 is 4.79 Å². The minimum atomic E-state index is -0.148. The van der Waals surface area contributed by atoms with Crippen LogP contribution in [0.15, 0.2) is 48.7 Å². The topological polar surface area (TPSA) is 97.7 Å². The van der Waals surface area contributed by atoms with Crippen LogP contribution in [-0.2, 0) is 19.6 Å². The minimum Gasteiger partial charge on any atom is -0.346 e. The molecular formula is C19H16N6O. The first-order valence-electron chi connectivity index (χ1n) is 8.24. The molecule has 1 aromatic carbocycles. The molecule has 0 saturated carbocycles. The van der Waals surface area contributed by atoms with E-state index in [9.17, 15) is 4.79 Å². The number of aromatic amines is 1. The van der Waals surface area contributed by atoms with Crippen molar-refractivity contribution >= 4 is 5.91 Å². The second-order valence-corrected chi connectivity index (χ2v) is 6.07. The van der Waals surface area contributed by atoms with E-state index in [1.54, 1.807) is 23.2 Å². The smallest absolute Gasteiger partial charge is 0.251 e. The zero-order valence-corrected chi connectivity index (χ0v) is 13.9. The molecule has 0 saturated heterocycles. The van der Waals surface area contributed by atoms with Gasteiger partial charge in [0.25, 0.3) is 5.91 Å². The summed E-state index contributed by atoms with van der Waals surface area (Å²) in [5, 5.41) is 19.3.